The lowest BCUT2D eigenvalue weighted by atomic mass is 9.78. The summed E-state index contributed by atoms with van der Waals surface area (Å²) in [5.41, 5.74) is 7.82. The molecule has 21 heavy (non-hydrogen) atoms. The van der Waals surface area contributed by atoms with Gasteiger partial charge in [-0.3, -0.25) is 4.90 Å². The summed E-state index contributed by atoms with van der Waals surface area (Å²) in [6, 6.07) is 8.61. The molecule has 2 unspecified atom stereocenters. The van der Waals surface area contributed by atoms with E-state index in [1.807, 2.05) is 12.1 Å². The van der Waals surface area contributed by atoms with Crippen molar-refractivity contribution in [2.24, 2.45) is 5.73 Å². The molecule has 0 radical (unpaired) electrons. The van der Waals surface area contributed by atoms with Gasteiger partial charge in [-0.1, -0.05) is 46.2 Å². The summed E-state index contributed by atoms with van der Waals surface area (Å²) in [6.07, 6.45) is 3.11. The molecular formula is C18H32N2O. The van der Waals surface area contributed by atoms with Crippen molar-refractivity contribution in [1.29, 1.82) is 0 Å². The van der Waals surface area contributed by atoms with Crippen LogP contribution in [0.25, 0.3) is 0 Å². The van der Waals surface area contributed by atoms with E-state index < -0.39 is 0 Å². The first-order valence-corrected chi connectivity index (χ1v) is 8.24. The molecule has 2 N–H and O–H groups in total. The third kappa shape index (κ3) is 3.98. The number of benzene rings is 1. The molecule has 0 amide bonds. The molecule has 3 heteroatoms. The van der Waals surface area contributed by atoms with E-state index in [1.54, 1.807) is 7.11 Å². The number of rotatable bonds is 9. The van der Waals surface area contributed by atoms with Crippen LogP contribution < -0.4 is 10.5 Å². The van der Waals surface area contributed by atoms with Gasteiger partial charge in [0.25, 0.3) is 0 Å². The molecule has 0 spiro atoms. The highest BCUT2D eigenvalue weighted by atomic mass is 16.5. The Morgan fingerprint density at radius 1 is 1.19 bits per heavy atom. The molecule has 0 fully saturated rings. The molecule has 0 aliphatic carbocycles. The highest BCUT2D eigenvalue weighted by Crippen LogP contribution is 2.34. The van der Waals surface area contributed by atoms with Crippen LogP contribution in [0.5, 0.6) is 5.75 Å². The van der Waals surface area contributed by atoms with E-state index in [0.717, 1.165) is 38.1 Å². The Labute approximate surface area is 130 Å². The molecule has 1 rings (SSSR count). The van der Waals surface area contributed by atoms with Crippen molar-refractivity contribution in [3.8, 4) is 5.75 Å². The predicted octanol–water partition coefficient (Wildman–Crippen LogP) is 3.77. The van der Waals surface area contributed by atoms with Gasteiger partial charge in [-0.05, 0) is 43.6 Å². The summed E-state index contributed by atoms with van der Waals surface area (Å²) in [4.78, 5) is 2.48. The fourth-order valence-corrected chi connectivity index (χ4v) is 3.44. The summed E-state index contributed by atoms with van der Waals surface area (Å²) in [7, 11) is 1.71. The Morgan fingerprint density at radius 2 is 1.86 bits per heavy atom. The number of nitrogens with zero attached hydrogens (tertiary/aromatic N) is 1. The SMILES string of the molecule is CCCC(N)(c1cccc(OC)c1)C(CC)N(CC)CC. The number of nitrogens with two attached hydrogens (primary N) is 1. The van der Waals surface area contributed by atoms with E-state index in [9.17, 15) is 0 Å². The molecule has 0 aromatic heterocycles. The average molecular weight is 292 g/mol. The van der Waals surface area contributed by atoms with Crippen molar-refractivity contribution < 1.29 is 4.74 Å². The van der Waals surface area contributed by atoms with Gasteiger partial charge in [0.05, 0.1) is 12.6 Å². The maximum Gasteiger partial charge on any atom is 0.119 e. The van der Waals surface area contributed by atoms with Gasteiger partial charge < -0.3 is 10.5 Å². The Morgan fingerprint density at radius 3 is 2.33 bits per heavy atom. The fourth-order valence-electron chi connectivity index (χ4n) is 3.44. The molecule has 0 bridgehead atoms. The molecule has 2 atom stereocenters. The van der Waals surface area contributed by atoms with Crippen molar-refractivity contribution in [3.05, 3.63) is 29.8 Å². The number of hydrogen-bond acceptors (Lipinski definition) is 3. The Balaban J connectivity index is 3.26. The van der Waals surface area contributed by atoms with Crippen LogP contribution in [0.4, 0.5) is 0 Å². The molecule has 120 valence electrons. The van der Waals surface area contributed by atoms with Gasteiger partial charge in [0.2, 0.25) is 0 Å². The smallest absolute Gasteiger partial charge is 0.119 e. The highest BCUT2D eigenvalue weighted by Gasteiger charge is 2.37. The third-order valence-corrected chi connectivity index (χ3v) is 4.51. The number of hydrogen-bond donors (Lipinski definition) is 1. The first kappa shape index (κ1) is 18.0. The minimum Gasteiger partial charge on any atom is -0.497 e. The predicted molar refractivity (Wildman–Crippen MR) is 90.8 cm³/mol. The monoisotopic (exact) mass is 292 g/mol. The number of likely N-dealkylation sites (N-methyl/N-ethyl adjacent to an activating group) is 1. The molecule has 0 heterocycles. The molecule has 0 saturated carbocycles. The van der Waals surface area contributed by atoms with Crippen LogP contribution >= 0.6 is 0 Å². The molecule has 0 aliphatic rings. The van der Waals surface area contributed by atoms with Crippen LogP contribution in [0.2, 0.25) is 0 Å². The van der Waals surface area contributed by atoms with E-state index in [-0.39, 0.29) is 5.54 Å². The van der Waals surface area contributed by atoms with Gasteiger partial charge in [0.15, 0.2) is 0 Å². The van der Waals surface area contributed by atoms with Gasteiger partial charge >= 0.3 is 0 Å². The van der Waals surface area contributed by atoms with E-state index >= 15 is 0 Å². The average Bonchev–Trinajstić information content (AvgIpc) is 2.52. The molecule has 0 saturated heterocycles. The van der Waals surface area contributed by atoms with E-state index in [1.165, 1.54) is 5.56 Å². The van der Waals surface area contributed by atoms with Crippen LogP contribution in [0.1, 0.15) is 52.5 Å². The maximum absolute atomic E-state index is 6.96. The molecular weight excluding hydrogens is 260 g/mol. The zero-order valence-corrected chi connectivity index (χ0v) is 14.4. The second-order valence-electron chi connectivity index (χ2n) is 5.67. The topological polar surface area (TPSA) is 38.5 Å². The van der Waals surface area contributed by atoms with Gasteiger partial charge in [-0.15, -0.1) is 0 Å². The fraction of sp³-hybridized carbons (Fsp3) is 0.667. The van der Waals surface area contributed by atoms with Crippen molar-refractivity contribution in [3.63, 3.8) is 0 Å². The molecule has 1 aromatic carbocycles. The lowest BCUT2D eigenvalue weighted by molar-refractivity contribution is 0.117. The summed E-state index contributed by atoms with van der Waals surface area (Å²) >= 11 is 0. The quantitative estimate of drug-likeness (QED) is 0.753. The van der Waals surface area contributed by atoms with Crippen LogP contribution in [0, 0.1) is 0 Å². The van der Waals surface area contributed by atoms with E-state index in [2.05, 4.69) is 44.7 Å². The van der Waals surface area contributed by atoms with Crippen molar-refractivity contribution in [2.75, 3.05) is 20.2 Å². The Bertz CT molecular complexity index is 417. The maximum atomic E-state index is 6.96. The van der Waals surface area contributed by atoms with Gasteiger partial charge in [-0.25, -0.2) is 0 Å². The lowest BCUT2D eigenvalue weighted by Crippen LogP contribution is -2.56. The normalized spacial score (nSPS) is 15.8. The van der Waals surface area contributed by atoms with Crippen molar-refractivity contribution in [1.82, 2.24) is 4.90 Å². The van der Waals surface area contributed by atoms with Crippen LogP contribution in [0.3, 0.4) is 0 Å². The van der Waals surface area contributed by atoms with Gasteiger partial charge in [0.1, 0.15) is 5.75 Å². The summed E-state index contributed by atoms with van der Waals surface area (Å²) in [6.45, 7) is 10.9. The standard InChI is InChI=1S/C18H32N2O/c1-6-13-18(19,17(7-2)20(8-3)9-4)15-11-10-12-16(14-15)21-5/h10-12,14,17H,6-9,13,19H2,1-5H3. The van der Waals surface area contributed by atoms with Crippen molar-refractivity contribution >= 4 is 0 Å². The minimum absolute atomic E-state index is 0.329. The third-order valence-electron chi connectivity index (χ3n) is 4.51. The van der Waals surface area contributed by atoms with Crippen molar-refractivity contribution in [2.45, 2.75) is 58.5 Å². The first-order chi connectivity index (χ1) is 10.1. The first-order valence-electron chi connectivity index (χ1n) is 8.24. The van der Waals surface area contributed by atoms with Crippen LogP contribution in [-0.2, 0) is 5.54 Å². The molecule has 0 aliphatic heterocycles. The number of ether oxygens (including phenoxy) is 1. The summed E-state index contributed by atoms with van der Waals surface area (Å²) in [5.74, 6) is 0.882. The second-order valence-corrected chi connectivity index (χ2v) is 5.67. The molecule has 1 aromatic rings. The van der Waals surface area contributed by atoms with Gasteiger partial charge in [0, 0.05) is 6.04 Å². The van der Waals surface area contributed by atoms with Crippen LogP contribution in [-0.4, -0.2) is 31.1 Å². The minimum atomic E-state index is -0.329. The summed E-state index contributed by atoms with van der Waals surface area (Å²) < 4.78 is 5.39. The zero-order valence-electron chi connectivity index (χ0n) is 14.4. The van der Waals surface area contributed by atoms with E-state index in [0.29, 0.717) is 6.04 Å². The summed E-state index contributed by atoms with van der Waals surface area (Å²) in [5, 5.41) is 0. The lowest BCUT2D eigenvalue weighted by Gasteiger charge is -2.44. The Hall–Kier alpha value is -1.06. The molecule has 3 nitrogen and oxygen atoms in total. The Kier molecular flexibility index (Phi) is 7.20. The van der Waals surface area contributed by atoms with E-state index in [4.69, 9.17) is 10.5 Å². The zero-order chi connectivity index (χ0) is 15.9. The number of methoxy groups -OCH3 is 1. The highest BCUT2D eigenvalue weighted by molar-refractivity contribution is 5.34. The van der Waals surface area contributed by atoms with Gasteiger partial charge in [-0.2, -0.15) is 0 Å². The largest absolute Gasteiger partial charge is 0.497 e. The second kappa shape index (κ2) is 8.40. The van der Waals surface area contributed by atoms with Crippen LogP contribution in [0.15, 0.2) is 24.3 Å².